The zero-order valence-electron chi connectivity index (χ0n) is 10.3. The number of imidazole rings is 1. The van der Waals surface area contributed by atoms with Crippen LogP contribution in [-0.4, -0.2) is 9.38 Å². The molecule has 0 spiro atoms. The molecule has 3 heteroatoms. The van der Waals surface area contributed by atoms with E-state index in [1.54, 1.807) is 13.0 Å². The largest absolute Gasteiger partial charge is 0.304 e. The fourth-order valence-corrected chi connectivity index (χ4v) is 2.04. The number of hydrogen-bond donors (Lipinski definition) is 0. The van der Waals surface area contributed by atoms with Crippen LogP contribution in [0.3, 0.4) is 0 Å². The summed E-state index contributed by atoms with van der Waals surface area (Å²) in [7, 11) is 0. The Morgan fingerprint density at radius 1 is 1.11 bits per heavy atom. The van der Waals surface area contributed by atoms with Crippen LogP contribution in [0.1, 0.15) is 11.3 Å². The first kappa shape index (κ1) is 11.0. The van der Waals surface area contributed by atoms with Gasteiger partial charge in [-0.25, -0.2) is 9.37 Å². The van der Waals surface area contributed by atoms with Gasteiger partial charge in [-0.1, -0.05) is 18.2 Å². The number of rotatable bonds is 1. The van der Waals surface area contributed by atoms with E-state index in [2.05, 4.69) is 4.98 Å². The number of fused-ring (bicyclic) bond motifs is 1. The monoisotopic (exact) mass is 240 g/mol. The highest BCUT2D eigenvalue weighted by Gasteiger charge is 2.07. The predicted octanol–water partition coefficient (Wildman–Crippen LogP) is 3.76. The van der Waals surface area contributed by atoms with Gasteiger partial charge in [-0.05, 0) is 37.6 Å². The van der Waals surface area contributed by atoms with Crippen molar-refractivity contribution in [1.82, 2.24) is 9.38 Å². The predicted molar refractivity (Wildman–Crippen MR) is 70.1 cm³/mol. The van der Waals surface area contributed by atoms with Crippen molar-refractivity contribution in [3.05, 3.63) is 59.7 Å². The third-order valence-corrected chi connectivity index (χ3v) is 3.16. The average molecular weight is 240 g/mol. The van der Waals surface area contributed by atoms with Gasteiger partial charge in [0.1, 0.15) is 11.5 Å². The van der Waals surface area contributed by atoms with Crippen molar-refractivity contribution in [3.8, 4) is 11.3 Å². The lowest BCUT2D eigenvalue weighted by molar-refractivity contribution is 0.619. The zero-order valence-corrected chi connectivity index (χ0v) is 10.3. The molecule has 2 heterocycles. The first-order valence-corrected chi connectivity index (χ1v) is 5.86. The molecule has 0 amide bonds. The van der Waals surface area contributed by atoms with Crippen molar-refractivity contribution in [3.63, 3.8) is 0 Å². The third kappa shape index (κ3) is 1.68. The number of pyridine rings is 1. The van der Waals surface area contributed by atoms with Gasteiger partial charge in [-0.15, -0.1) is 0 Å². The highest BCUT2D eigenvalue weighted by atomic mass is 19.1. The zero-order chi connectivity index (χ0) is 12.7. The molecule has 0 aliphatic carbocycles. The first-order chi connectivity index (χ1) is 8.65. The standard InChI is InChI=1S/C15H13FN2/c1-10-6-7-12(8-13(10)16)14-9-18-11(2)4-3-5-15(18)17-14/h3-9H,1-2H3. The van der Waals surface area contributed by atoms with Crippen LogP contribution in [0, 0.1) is 19.7 Å². The molecule has 0 atom stereocenters. The van der Waals surface area contributed by atoms with E-state index in [1.807, 2.05) is 41.8 Å². The number of aromatic nitrogens is 2. The van der Waals surface area contributed by atoms with Crippen molar-refractivity contribution in [2.75, 3.05) is 0 Å². The lowest BCUT2D eigenvalue weighted by Crippen LogP contribution is -1.86. The second-order valence-electron chi connectivity index (χ2n) is 4.49. The second-order valence-corrected chi connectivity index (χ2v) is 4.49. The molecule has 0 unspecified atom stereocenters. The van der Waals surface area contributed by atoms with Gasteiger partial charge in [0.05, 0.1) is 5.69 Å². The summed E-state index contributed by atoms with van der Waals surface area (Å²) in [4.78, 5) is 4.51. The summed E-state index contributed by atoms with van der Waals surface area (Å²) >= 11 is 0. The van der Waals surface area contributed by atoms with Gasteiger partial charge in [0.25, 0.3) is 0 Å². The van der Waals surface area contributed by atoms with Crippen LogP contribution in [0.15, 0.2) is 42.6 Å². The Kier molecular flexibility index (Phi) is 2.40. The van der Waals surface area contributed by atoms with Crippen molar-refractivity contribution in [1.29, 1.82) is 0 Å². The number of aryl methyl sites for hydroxylation is 2. The molecule has 0 bridgehead atoms. The molecular formula is C15H13FN2. The smallest absolute Gasteiger partial charge is 0.137 e. The van der Waals surface area contributed by atoms with Crippen LogP contribution < -0.4 is 0 Å². The third-order valence-electron chi connectivity index (χ3n) is 3.16. The van der Waals surface area contributed by atoms with Crippen LogP contribution in [0.25, 0.3) is 16.9 Å². The Morgan fingerprint density at radius 3 is 2.67 bits per heavy atom. The molecule has 2 nitrogen and oxygen atoms in total. The molecule has 0 saturated carbocycles. The number of halogens is 1. The fourth-order valence-electron chi connectivity index (χ4n) is 2.04. The van der Waals surface area contributed by atoms with Gasteiger partial charge in [0, 0.05) is 17.5 Å². The maximum atomic E-state index is 13.6. The van der Waals surface area contributed by atoms with Crippen LogP contribution in [0.4, 0.5) is 4.39 Å². The highest BCUT2D eigenvalue weighted by Crippen LogP contribution is 2.22. The molecule has 3 aromatic rings. The Bertz CT molecular complexity index is 728. The maximum Gasteiger partial charge on any atom is 0.137 e. The maximum absolute atomic E-state index is 13.6. The molecule has 18 heavy (non-hydrogen) atoms. The van der Waals surface area contributed by atoms with Crippen molar-refractivity contribution in [2.24, 2.45) is 0 Å². The molecule has 0 aliphatic heterocycles. The van der Waals surface area contributed by atoms with E-state index >= 15 is 0 Å². The van der Waals surface area contributed by atoms with Crippen LogP contribution in [0.5, 0.6) is 0 Å². The highest BCUT2D eigenvalue weighted by molar-refractivity contribution is 5.63. The molecule has 0 N–H and O–H groups in total. The molecule has 0 radical (unpaired) electrons. The van der Waals surface area contributed by atoms with E-state index in [4.69, 9.17) is 0 Å². The minimum absolute atomic E-state index is 0.193. The molecule has 0 saturated heterocycles. The van der Waals surface area contributed by atoms with Gasteiger partial charge < -0.3 is 4.40 Å². The van der Waals surface area contributed by atoms with E-state index in [1.165, 1.54) is 6.07 Å². The van der Waals surface area contributed by atoms with Crippen molar-refractivity contribution >= 4 is 5.65 Å². The summed E-state index contributed by atoms with van der Waals surface area (Å²) in [5.74, 6) is -0.193. The Labute approximate surface area is 105 Å². The SMILES string of the molecule is Cc1ccc(-c2cn3c(C)cccc3n2)cc1F. The lowest BCUT2D eigenvalue weighted by atomic mass is 10.1. The molecular weight excluding hydrogens is 227 g/mol. The van der Waals surface area contributed by atoms with E-state index in [9.17, 15) is 4.39 Å². The number of benzene rings is 1. The molecule has 1 aromatic carbocycles. The molecule has 90 valence electrons. The molecule has 3 rings (SSSR count). The summed E-state index contributed by atoms with van der Waals surface area (Å²) in [6, 6.07) is 11.1. The van der Waals surface area contributed by atoms with Crippen molar-refractivity contribution in [2.45, 2.75) is 13.8 Å². The average Bonchev–Trinajstić information content (AvgIpc) is 2.78. The Balaban J connectivity index is 2.19. The minimum Gasteiger partial charge on any atom is -0.304 e. The Morgan fingerprint density at radius 2 is 1.94 bits per heavy atom. The van der Waals surface area contributed by atoms with Gasteiger partial charge >= 0.3 is 0 Å². The summed E-state index contributed by atoms with van der Waals surface area (Å²) in [6.45, 7) is 3.78. The summed E-state index contributed by atoms with van der Waals surface area (Å²) < 4.78 is 15.6. The van der Waals surface area contributed by atoms with Crippen molar-refractivity contribution < 1.29 is 4.39 Å². The van der Waals surface area contributed by atoms with E-state index < -0.39 is 0 Å². The van der Waals surface area contributed by atoms with Crippen LogP contribution >= 0.6 is 0 Å². The lowest BCUT2D eigenvalue weighted by Gasteiger charge is -1.99. The number of hydrogen-bond acceptors (Lipinski definition) is 1. The molecule has 0 fully saturated rings. The molecule has 2 aromatic heterocycles. The number of nitrogens with zero attached hydrogens (tertiary/aromatic N) is 2. The molecule has 0 aliphatic rings. The van der Waals surface area contributed by atoms with Gasteiger partial charge in [-0.2, -0.15) is 0 Å². The second kappa shape index (κ2) is 3.95. The minimum atomic E-state index is -0.193. The topological polar surface area (TPSA) is 17.3 Å². The van der Waals surface area contributed by atoms with Crippen LogP contribution in [0.2, 0.25) is 0 Å². The van der Waals surface area contributed by atoms with E-state index in [0.717, 1.165) is 22.6 Å². The first-order valence-electron chi connectivity index (χ1n) is 5.86. The summed E-state index contributed by atoms with van der Waals surface area (Å²) in [5.41, 5.74) is 4.24. The van der Waals surface area contributed by atoms with Gasteiger partial charge in [0.15, 0.2) is 0 Å². The van der Waals surface area contributed by atoms with Crippen LogP contribution in [-0.2, 0) is 0 Å². The van der Waals surface area contributed by atoms with E-state index in [0.29, 0.717) is 5.56 Å². The van der Waals surface area contributed by atoms with E-state index in [-0.39, 0.29) is 5.82 Å². The van der Waals surface area contributed by atoms with Gasteiger partial charge in [0.2, 0.25) is 0 Å². The van der Waals surface area contributed by atoms with Gasteiger partial charge in [-0.3, -0.25) is 0 Å². The fraction of sp³-hybridized carbons (Fsp3) is 0.133. The summed E-state index contributed by atoms with van der Waals surface area (Å²) in [6.07, 6.45) is 1.94. The Hall–Kier alpha value is -2.16. The summed E-state index contributed by atoms with van der Waals surface area (Å²) in [5, 5.41) is 0. The normalized spacial score (nSPS) is 11.1. The quantitative estimate of drug-likeness (QED) is 0.633.